The number of alkyl halides is 3. The first-order valence-corrected chi connectivity index (χ1v) is 6.33. The SMILES string of the molecule is FC(F)(F)c1nc(Cl)cc(NC2CC3CCC2O3)n1. The second-order valence-corrected chi connectivity index (χ2v) is 5.14. The van der Waals surface area contributed by atoms with Crippen LogP contribution in [0.5, 0.6) is 0 Å². The zero-order valence-corrected chi connectivity index (χ0v) is 10.5. The molecule has 1 aromatic rings. The van der Waals surface area contributed by atoms with Crippen LogP contribution in [0.1, 0.15) is 25.1 Å². The molecule has 19 heavy (non-hydrogen) atoms. The lowest BCUT2D eigenvalue weighted by Gasteiger charge is -2.21. The van der Waals surface area contributed by atoms with E-state index in [1.165, 1.54) is 6.07 Å². The highest BCUT2D eigenvalue weighted by Crippen LogP contribution is 2.36. The summed E-state index contributed by atoms with van der Waals surface area (Å²) in [7, 11) is 0. The Bertz CT molecular complexity index is 497. The van der Waals surface area contributed by atoms with Crippen LogP contribution in [0.15, 0.2) is 6.07 Å². The summed E-state index contributed by atoms with van der Waals surface area (Å²) in [5, 5.41) is 2.74. The molecular formula is C11H11ClF3N3O. The number of anilines is 1. The molecule has 2 saturated heterocycles. The lowest BCUT2D eigenvalue weighted by Crippen LogP contribution is -2.31. The van der Waals surface area contributed by atoms with Crippen LogP contribution in [0, 0.1) is 0 Å². The van der Waals surface area contributed by atoms with Crippen molar-refractivity contribution in [1.29, 1.82) is 0 Å². The van der Waals surface area contributed by atoms with Crippen molar-refractivity contribution in [1.82, 2.24) is 9.97 Å². The van der Waals surface area contributed by atoms with Gasteiger partial charge in [0.25, 0.3) is 0 Å². The van der Waals surface area contributed by atoms with E-state index >= 15 is 0 Å². The van der Waals surface area contributed by atoms with Crippen LogP contribution in [-0.2, 0) is 10.9 Å². The predicted molar refractivity (Wildman–Crippen MR) is 62.0 cm³/mol. The van der Waals surface area contributed by atoms with E-state index < -0.39 is 12.0 Å². The van der Waals surface area contributed by atoms with E-state index in [-0.39, 0.29) is 29.2 Å². The van der Waals surface area contributed by atoms with Gasteiger partial charge in [-0.2, -0.15) is 13.2 Å². The van der Waals surface area contributed by atoms with E-state index in [2.05, 4.69) is 15.3 Å². The zero-order valence-electron chi connectivity index (χ0n) is 9.75. The number of hydrogen-bond donors (Lipinski definition) is 1. The van der Waals surface area contributed by atoms with Crippen molar-refractivity contribution < 1.29 is 17.9 Å². The minimum Gasteiger partial charge on any atom is -0.373 e. The maximum absolute atomic E-state index is 12.6. The van der Waals surface area contributed by atoms with Crippen LogP contribution in [-0.4, -0.2) is 28.2 Å². The van der Waals surface area contributed by atoms with E-state index in [0.29, 0.717) is 0 Å². The van der Waals surface area contributed by atoms with Gasteiger partial charge in [-0.3, -0.25) is 0 Å². The molecule has 3 atom stereocenters. The average Bonchev–Trinajstić information content (AvgIpc) is 2.88. The summed E-state index contributed by atoms with van der Waals surface area (Å²) in [4.78, 5) is 6.65. The molecule has 0 saturated carbocycles. The average molecular weight is 294 g/mol. The molecule has 0 aromatic carbocycles. The highest BCUT2D eigenvalue weighted by Gasteiger charge is 2.41. The normalized spacial score (nSPS) is 29.8. The number of nitrogens with one attached hydrogen (secondary N) is 1. The molecule has 1 aromatic heterocycles. The molecule has 3 rings (SSSR count). The lowest BCUT2D eigenvalue weighted by atomic mass is 9.95. The summed E-state index contributed by atoms with van der Waals surface area (Å²) >= 11 is 5.60. The van der Waals surface area contributed by atoms with Crippen molar-refractivity contribution in [2.45, 2.75) is 43.7 Å². The van der Waals surface area contributed by atoms with Gasteiger partial charge in [-0.15, -0.1) is 0 Å². The number of nitrogens with zero attached hydrogens (tertiary/aromatic N) is 2. The fourth-order valence-corrected chi connectivity index (χ4v) is 2.78. The molecule has 1 N–H and O–H groups in total. The molecule has 0 radical (unpaired) electrons. The van der Waals surface area contributed by atoms with Gasteiger partial charge < -0.3 is 10.1 Å². The van der Waals surface area contributed by atoms with Gasteiger partial charge in [0.05, 0.1) is 18.2 Å². The van der Waals surface area contributed by atoms with Gasteiger partial charge in [0.2, 0.25) is 5.82 Å². The first-order chi connectivity index (χ1) is 8.91. The molecule has 2 bridgehead atoms. The lowest BCUT2D eigenvalue weighted by molar-refractivity contribution is -0.144. The first-order valence-electron chi connectivity index (χ1n) is 5.95. The molecule has 104 valence electrons. The van der Waals surface area contributed by atoms with E-state index in [1.807, 2.05) is 0 Å². The molecule has 4 nitrogen and oxygen atoms in total. The monoisotopic (exact) mass is 293 g/mol. The van der Waals surface area contributed by atoms with E-state index in [1.54, 1.807) is 0 Å². The Morgan fingerprint density at radius 1 is 1.32 bits per heavy atom. The van der Waals surface area contributed by atoms with Crippen LogP contribution in [0.2, 0.25) is 5.15 Å². The number of aromatic nitrogens is 2. The summed E-state index contributed by atoms with van der Waals surface area (Å²) in [6.07, 6.45) is -1.62. The smallest absolute Gasteiger partial charge is 0.373 e. The van der Waals surface area contributed by atoms with E-state index in [0.717, 1.165) is 19.3 Å². The van der Waals surface area contributed by atoms with Gasteiger partial charge in [0.15, 0.2) is 0 Å². The molecule has 0 amide bonds. The minimum absolute atomic E-state index is 0.00852. The van der Waals surface area contributed by atoms with Gasteiger partial charge in [0.1, 0.15) is 11.0 Å². The fraction of sp³-hybridized carbons (Fsp3) is 0.636. The minimum atomic E-state index is -4.60. The Morgan fingerprint density at radius 3 is 2.68 bits per heavy atom. The standard InChI is InChI=1S/C11H11ClF3N3O/c12-8-4-9(18-10(17-8)11(13,14)15)16-6-3-5-1-2-7(6)19-5/h4-7H,1-3H2,(H,16,17,18). The summed E-state index contributed by atoms with van der Waals surface area (Å²) in [6.45, 7) is 0. The predicted octanol–water partition coefficient (Wildman–Crippen LogP) is 2.88. The van der Waals surface area contributed by atoms with Gasteiger partial charge in [-0.25, -0.2) is 9.97 Å². The third-order valence-electron chi connectivity index (χ3n) is 3.39. The fourth-order valence-electron chi connectivity index (χ4n) is 2.60. The summed E-state index contributed by atoms with van der Waals surface area (Å²) < 4.78 is 43.3. The van der Waals surface area contributed by atoms with Gasteiger partial charge >= 0.3 is 6.18 Å². The highest BCUT2D eigenvalue weighted by molar-refractivity contribution is 6.29. The third-order valence-corrected chi connectivity index (χ3v) is 3.58. The molecular weight excluding hydrogens is 283 g/mol. The van der Waals surface area contributed by atoms with Gasteiger partial charge in [0, 0.05) is 6.07 Å². The molecule has 2 fully saturated rings. The van der Waals surface area contributed by atoms with Crippen LogP contribution < -0.4 is 5.32 Å². The molecule has 3 heterocycles. The molecule has 0 aliphatic carbocycles. The first kappa shape index (κ1) is 12.9. The Kier molecular flexibility index (Phi) is 3.05. The molecule has 3 unspecified atom stereocenters. The summed E-state index contributed by atoms with van der Waals surface area (Å²) in [6, 6.07) is 1.29. The molecule has 8 heteroatoms. The van der Waals surface area contributed by atoms with Gasteiger partial charge in [-0.1, -0.05) is 11.6 Å². The van der Waals surface area contributed by atoms with Crippen molar-refractivity contribution in [3.05, 3.63) is 17.0 Å². The number of ether oxygens (including phenoxy) is 1. The van der Waals surface area contributed by atoms with Crippen molar-refractivity contribution in [2.24, 2.45) is 0 Å². The Morgan fingerprint density at radius 2 is 2.11 bits per heavy atom. The maximum atomic E-state index is 12.6. The van der Waals surface area contributed by atoms with Crippen LogP contribution in [0.25, 0.3) is 0 Å². The van der Waals surface area contributed by atoms with Crippen LogP contribution >= 0.6 is 11.6 Å². The number of halogens is 4. The topological polar surface area (TPSA) is 47.0 Å². The van der Waals surface area contributed by atoms with Crippen molar-refractivity contribution in [3.8, 4) is 0 Å². The Hall–Kier alpha value is -1.08. The van der Waals surface area contributed by atoms with E-state index in [4.69, 9.17) is 16.3 Å². The second kappa shape index (κ2) is 4.49. The molecule has 2 aliphatic rings. The number of rotatable bonds is 2. The maximum Gasteiger partial charge on any atom is 0.451 e. The molecule has 0 spiro atoms. The Balaban J connectivity index is 1.79. The van der Waals surface area contributed by atoms with Crippen LogP contribution in [0.4, 0.5) is 19.0 Å². The second-order valence-electron chi connectivity index (χ2n) is 4.76. The van der Waals surface area contributed by atoms with E-state index in [9.17, 15) is 13.2 Å². The van der Waals surface area contributed by atoms with Crippen molar-refractivity contribution >= 4 is 17.4 Å². The van der Waals surface area contributed by atoms with Crippen LogP contribution in [0.3, 0.4) is 0 Å². The Labute approximate surface area is 112 Å². The highest BCUT2D eigenvalue weighted by atomic mass is 35.5. The van der Waals surface area contributed by atoms with Gasteiger partial charge in [-0.05, 0) is 19.3 Å². The number of hydrogen-bond acceptors (Lipinski definition) is 4. The quantitative estimate of drug-likeness (QED) is 0.852. The largest absolute Gasteiger partial charge is 0.451 e. The van der Waals surface area contributed by atoms with Crippen molar-refractivity contribution in [3.63, 3.8) is 0 Å². The molecule has 2 aliphatic heterocycles. The summed E-state index contributed by atoms with van der Waals surface area (Å²) in [5.41, 5.74) is 0. The number of fused-ring (bicyclic) bond motifs is 2. The zero-order chi connectivity index (χ0) is 13.6. The van der Waals surface area contributed by atoms with Crippen molar-refractivity contribution in [2.75, 3.05) is 5.32 Å². The summed E-state index contributed by atoms with van der Waals surface area (Å²) in [5.74, 6) is -1.14. The third kappa shape index (κ3) is 2.62.